The van der Waals surface area contributed by atoms with E-state index in [0.717, 1.165) is 10.0 Å². The summed E-state index contributed by atoms with van der Waals surface area (Å²) in [5, 5.41) is 3.68. The summed E-state index contributed by atoms with van der Waals surface area (Å²) in [6.45, 7) is 0. The first kappa shape index (κ1) is 15.4. The molecular weight excluding hydrogens is 348 g/mol. The summed E-state index contributed by atoms with van der Waals surface area (Å²) in [5.41, 5.74) is 0.980. The number of halogens is 4. The fraction of sp³-hybridized carbons (Fsp3) is 0.200. The molecule has 5 heteroatoms. The predicted molar refractivity (Wildman–Crippen MR) is 81.0 cm³/mol. The zero-order chi connectivity index (χ0) is 14.7. The van der Waals surface area contributed by atoms with E-state index in [0.29, 0.717) is 5.02 Å². The Morgan fingerprint density at radius 1 is 1.20 bits per heavy atom. The molecule has 2 aromatic rings. The molecule has 0 bridgehead atoms. The highest BCUT2D eigenvalue weighted by atomic mass is 79.9. The van der Waals surface area contributed by atoms with Crippen LogP contribution in [0, 0.1) is 11.6 Å². The van der Waals surface area contributed by atoms with Crippen LogP contribution in [0.25, 0.3) is 0 Å². The Balaban J connectivity index is 2.34. The van der Waals surface area contributed by atoms with Crippen molar-refractivity contribution in [2.24, 2.45) is 0 Å². The van der Waals surface area contributed by atoms with Gasteiger partial charge in [0.05, 0.1) is 0 Å². The molecule has 0 heterocycles. The molecule has 0 spiro atoms. The minimum atomic E-state index is -0.532. The van der Waals surface area contributed by atoms with Gasteiger partial charge in [0.1, 0.15) is 11.6 Å². The Labute approximate surface area is 130 Å². The second-order valence-electron chi connectivity index (χ2n) is 4.41. The molecule has 0 saturated carbocycles. The minimum Gasteiger partial charge on any atom is -0.313 e. The summed E-state index contributed by atoms with van der Waals surface area (Å²) in [6, 6.07) is 9.04. The first-order chi connectivity index (χ1) is 9.52. The van der Waals surface area contributed by atoms with Crippen LogP contribution in [0.3, 0.4) is 0 Å². The molecule has 0 aromatic heterocycles. The third kappa shape index (κ3) is 3.37. The average Bonchev–Trinajstić information content (AvgIpc) is 2.40. The molecule has 1 nitrogen and oxygen atoms in total. The van der Waals surface area contributed by atoms with E-state index in [1.54, 1.807) is 19.2 Å². The Hall–Kier alpha value is -0.970. The van der Waals surface area contributed by atoms with Crippen molar-refractivity contribution in [3.8, 4) is 0 Å². The van der Waals surface area contributed by atoms with Gasteiger partial charge in [-0.05, 0) is 43.3 Å². The van der Waals surface area contributed by atoms with Crippen molar-refractivity contribution in [1.82, 2.24) is 5.32 Å². The molecule has 0 fully saturated rings. The van der Waals surface area contributed by atoms with Crippen LogP contribution in [0.5, 0.6) is 0 Å². The molecule has 1 atom stereocenters. The van der Waals surface area contributed by atoms with Gasteiger partial charge in [-0.25, -0.2) is 8.78 Å². The van der Waals surface area contributed by atoms with Crippen LogP contribution in [0.1, 0.15) is 17.2 Å². The first-order valence-electron chi connectivity index (χ1n) is 6.08. The van der Waals surface area contributed by atoms with Crippen LogP contribution >= 0.6 is 27.5 Å². The monoisotopic (exact) mass is 359 g/mol. The lowest BCUT2D eigenvalue weighted by molar-refractivity contribution is 0.514. The van der Waals surface area contributed by atoms with Crippen LogP contribution in [0.15, 0.2) is 40.9 Å². The fourth-order valence-corrected chi connectivity index (χ4v) is 3.04. The number of hydrogen-bond donors (Lipinski definition) is 1. The third-order valence-corrected chi connectivity index (χ3v) is 4.08. The zero-order valence-electron chi connectivity index (χ0n) is 10.8. The summed E-state index contributed by atoms with van der Waals surface area (Å²) >= 11 is 9.33. The van der Waals surface area contributed by atoms with E-state index >= 15 is 0 Å². The van der Waals surface area contributed by atoms with E-state index < -0.39 is 11.6 Å². The molecule has 1 N–H and O–H groups in total. The van der Waals surface area contributed by atoms with Gasteiger partial charge in [0.25, 0.3) is 0 Å². The molecular formula is C15H13BrClF2N. The van der Waals surface area contributed by atoms with Gasteiger partial charge in [-0.2, -0.15) is 0 Å². The van der Waals surface area contributed by atoms with Crippen LogP contribution < -0.4 is 5.32 Å². The molecule has 0 amide bonds. The maximum atomic E-state index is 13.7. The zero-order valence-corrected chi connectivity index (χ0v) is 13.1. The van der Waals surface area contributed by atoms with Gasteiger partial charge in [0.2, 0.25) is 0 Å². The average molecular weight is 361 g/mol. The topological polar surface area (TPSA) is 12.0 Å². The molecule has 20 heavy (non-hydrogen) atoms. The van der Waals surface area contributed by atoms with Gasteiger partial charge in [-0.3, -0.25) is 0 Å². The standard InChI is InChI=1S/C15H13BrClF2N/c1-20-15(10-6-5-9(17)7-12(10)16)8-11-13(18)3-2-4-14(11)19/h2-7,15,20H,8H2,1H3. The highest BCUT2D eigenvalue weighted by molar-refractivity contribution is 9.10. The van der Waals surface area contributed by atoms with Crippen molar-refractivity contribution in [3.05, 3.63) is 68.7 Å². The van der Waals surface area contributed by atoms with Crippen LogP contribution in [-0.4, -0.2) is 7.05 Å². The normalized spacial score (nSPS) is 12.4. The lowest BCUT2D eigenvalue weighted by atomic mass is 9.98. The Morgan fingerprint density at radius 3 is 2.40 bits per heavy atom. The molecule has 0 radical (unpaired) electrons. The van der Waals surface area contributed by atoms with Crippen molar-refractivity contribution < 1.29 is 8.78 Å². The van der Waals surface area contributed by atoms with Crippen molar-refractivity contribution in [3.63, 3.8) is 0 Å². The summed E-state index contributed by atoms with van der Waals surface area (Å²) in [5.74, 6) is -1.06. The van der Waals surface area contributed by atoms with Crippen LogP contribution in [0.4, 0.5) is 8.78 Å². The number of benzene rings is 2. The number of nitrogens with one attached hydrogen (secondary N) is 1. The number of likely N-dealkylation sites (N-methyl/N-ethyl adjacent to an activating group) is 1. The lowest BCUT2D eigenvalue weighted by Crippen LogP contribution is -2.20. The van der Waals surface area contributed by atoms with E-state index in [1.165, 1.54) is 18.2 Å². The minimum absolute atomic E-state index is 0.0775. The van der Waals surface area contributed by atoms with E-state index in [4.69, 9.17) is 11.6 Å². The molecule has 106 valence electrons. The SMILES string of the molecule is CNC(Cc1c(F)cccc1F)c1ccc(Cl)cc1Br. The molecule has 1 unspecified atom stereocenters. The second-order valence-corrected chi connectivity index (χ2v) is 5.70. The molecule has 2 aromatic carbocycles. The van der Waals surface area contributed by atoms with E-state index in [2.05, 4.69) is 21.2 Å². The molecule has 2 rings (SSSR count). The van der Waals surface area contributed by atoms with E-state index in [9.17, 15) is 8.78 Å². The highest BCUT2D eigenvalue weighted by Crippen LogP contribution is 2.29. The summed E-state index contributed by atoms with van der Waals surface area (Å²) in [4.78, 5) is 0. The van der Waals surface area contributed by atoms with Crippen molar-refractivity contribution in [2.75, 3.05) is 7.05 Å². The maximum absolute atomic E-state index is 13.7. The molecule has 0 aliphatic heterocycles. The Morgan fingerprint density at radius 2 is 1.85 bits per heavy atom. The molecule has 0 aliphatic rings. The summed E-state index contributed by atoms with van der Waals surface area (Å²) in [6.07, 6.45) is 0.217. The third-order valence-electron chi connectivity index (χ3n) is 3.16. The van der Waals surface area contributed by atoms with Gasteiger partial charge < -0.3 is 5.32 Å². The van der Waals surface area contributed by atoms with Gasteiger partial charge in [-0.15, -0.1) is 0 Å². The van der Waals surface area contributed by atoms with Gasteiger partial charge in [0, 0.05) is 21.1 Å². The van der Waals surface area contributed by atoms with E-state index in [-0.39, 0.29) is 18.0 Å². The fourth-order valence-electron chi connectivity index (χ4n) is 2.08. The first-order valence-corrected chi connectivity index (χ1v) is 7.25. The second kappa shape index (κ2) is 6.66. The summed E-state index contributed by atoms with van der Waals surface area (Å²) < 4.78 is 28.3. The molecule has 0 aliphatic carbocycles. The molecule has 0 saturated heterocycles. The van der Waals surface area contributed by atoms with Gasteiger partial charge in [0.15, 0.2) is 0 Å². The van der Waals surface area contributed by atoms with Gasteiger partial charge >= 0.3 is 0 Å². The van der Waals surface area contributed by atoms with Crippen molar-refractivity contribution >= 4 is 27.5 Å². The van der Waals surface area contributed by atoms with Gasteiger partial charge in [-0.1, -0.05) is 39.7 Å². The number of rotatable bonds is 4. The Kier molecular flexibility index (Phi) is 5.13. The van der Waals surface area contributed by atoms with Crippen molar-refractivity contribution in [2.45, 2.75) is 12.5 Å². The highest BCUT2D eigenvalue weighted by Gasteiger charge is 2.18. The van der Waals surface area contributed by atoms with Crippen LogP contribution in [-0.2, 0) is 6.42 Å². The van der Waals surface area contributed by atoms with Crippen LogP contribution in [0.2, 0.25) is 5.02 Å². The maximum Gasteiger partial charge on any atom is 0.129 e. The Bertz CT molecular complexity index is 599. The van der Waals surface area contributed by atoms with E-state index in [1.807, 2.05) is 6.07 Å². The largest absolute Gasteiger partial charge is 0.313 e. The smallest absolute Gasteiger partial charge is 0.129 e. The number of hydrogen-bond acceptors (Lipinski definition) is 1. The van der Waals surface area contributed by atoms with Crippen molar-refractivity contribution in [1.29, 1.82) is 0 Å². The quantitative estimate of drug-likeness (QED) is 0.819. The lowest BCUT2D eigenvalue weighted by Gasteiger charge is -2.19. The summed E-state index contributed by atoms with van der Waals surface area (Å²) in [7, 11) is 1.75. The predicted octanol–water partition coefficient (Wildman–Crippen LogP) is 4.88.